The molecule has 3 amide bonds. The van der Waals surface area contributed by atoms with Crippen LogP contribution in [0.1, 0.15) is 52.4 Å². The molecule has 0 heterocycles. The third-order valence-electron chi connectivity index (χ3n) is 4.59. The van der Waals surface area contributed by atoms with Crippen LogP contribution < -0.4 is 33.2 Å². The smallest absolute Gasteiger partial charge is 0.326 e. The fraction of sp³-hybridized carbons (Fsp3) is 0.789. The molecule has 0 saturated carbocycles. The van der Waals surface area contributed by atoms with Crippen LogP contribution >= 0.6 is 0 Å². The van der Waals surface area contributed by atoms with Crippen molar-refractivity contribution < 1.29 is 24.3 Å². The molecule has 0 aliphatic rings. The SMILES string of the molecule is CC(C)C(NC(=O)C(CCCCN)NC(=O)CN)C(=O)NC(CCCCN)C(=O)O. The van der Waals surface area contributed by atoms with Crippen molar-refractivity contribution >= 4 is 23.7 Å². The summed E-state index contributed by atoms with van der Waals surface area (Å²) in [5.41, 5.74) is 16.2. The predicted octanol–water partition coefficient (Wildman–Crippen LogP) is -1.60. The second kappa shape index (κ2) is 15.6. The molecule has 3 atom stereocenters. The molecular formula is C19H38N6O5. The van der Waals surface area contributed by atoms with Gasteiger partial charge in [0.1, 0.15) is 18.1 Å². The lowest BCUT2D eigenvalue weighted by molar-refractivity contribution is -0.142. The highest BCUT2D eigenvalue weighted by atomic mass is 16.4. The maximum Gasteiger partial charge on any atom is 0.326 e. The summed E-state index contributed by atoms with van der Waals surface area (Å²) in [5.74, 6) is -3.06. The third-order valence-corrected chi connectivity index (χ3v) is 4.59. The summed E-state index contributed by atoms with van der Waals surface area (Å²) >= 11 is 0. The molecule has 0 aromatic rings. The van der Waals surface area contributed by atoms with E-state index in [-0.39, 0.29) is 18.9 Å². The predicted molar refractivity (Wildman–Crippen MR) is 113 cm³/mol. The van der Waals surface area contributed by atoms with E-state index in [9.17, 15) is 24.3 Å². The summed E-state index contributed by atoms with van der Waals surface area (Å²) in [4.78, 5) is 48.5. The van der Waals surface area contributed by atoms with E-state index in [1.165, 1.54) is 0 Å². The van der Waals surface area contributed by atoms with Gasteiger partial charge in [-0.25, -0.2) is 4.79 Å². The molecule has 0 radical (unpaired) electrons. The number of carboxylic acids is 1. The molecule has 10 N–H and O–H groups in total. The molecule has 0 bridgehead atoms. The molecule has 0 aliphatic carbocycles. The second-order valence-corrected chi connectivity index (χ2v) is 7.52. The summed E-state index contributed by atoms with van der Waals surface area (Å²) in [6.07, 6.45) is 3.08. The van der Waals surface area contributed by atoms with Crippen LogP contribution in [0.2, 0.25) is 0 Å². The van der Waals surface area contributed by atoms with Gasteiger partial charge in [-0.15, -0.1) is 0 Å². The summed E-state index contributed by atoms with van der Waals surface area (Å²) in [5, 5.41) is 17.0. The number of carbonyl (C=O) groups is 4. The number of hydrogen-bond acceptors (Lipinski definition) is 7. The highest BCUT2D eigenvalue weighted by Gasteiger charge is 2.30. The molecule has 0 saturated heterocycles. The van der Waals surface area contributed by atoms with Crippen LogP contribution in [-0.4, -0.2) is 66.6 Å². The number of amides is 3. The van der Waals surface area contributed by atoms with E-state index in [2.05, 4.69) is 16.0 Å². The van der Waals surface area contributed by atoms with Gasteiger partial charge in [0.2, 0.25) is 17.7 Å². The zero-order chi connectivity index (χ0) is 23.1. The van der Waals surface area contributed by atoms with Crippen molar-refractivity contribution in [2.24, 2.45) is 23.1 Å². The number of nitrogens with one attached hydrogen (secondary N) is 3. The van der Waals surface area contributed by atoms with Gasteiger partial charge >= 0.3 is 5.97 Å². The molecule has 0 aromatic carbocycles. The molecular weight excluding hydrogens is 392 g/mol. The van der Waals surface area contributed by atoms with Crippen molar-refractivity contribution in [3.05, 3.63) is 0 Å². The Morgan fingerprint density at radius 2 is 1.30 bits per heavy atom. The maximum atomic E-state index is 12.7. The van der Waals surface area contributed by atoms with Crippen LogP contribution in [0.25, 0.3) is 0 Å². The Kier molecular flexibility index (Phi) is 14.4. The first-order valence-electron chi connectivity index (χ1n) is 10.4. The highest BCUT2D eigenvalue weighted by Crippen LogP contribution is 2.08. The van der Waals surface area contributed by atoms with Crippen LogP contribution in [-0.2, 0) is 19.2 Å². The first kappa shape index (κ1) is 27.8. The Morgan fingerprint density at radius 1 is 0.767 bits per heavy atom. The molecule has 30 heavy (non-hydrogen) atoms. The van der Waals surface area contributed by atoms with Gasteiger partial charge in [0.15, 0.2) is 0 Å². The lowest BCUT2D eigenvalue weighted by atomic mass is 10.0. The van der Waals surface area contributed by atoms with Crippen LogP contribution in [0.5, 0.6) is 0 Å². The van der Waals surface area contributed by atoms with Gasteiger partial charge in [-0.1, -0.05) is 13.8 Å². The quantitative estimate of drug-likeness (QED) is 0.142. The molecule has 0 rings (SSSR count). The Morgan fingerprint density at radius 3 is 1.73 bits per heavy atom. The first-order valence-corrected chi connectivity index (χ1v) is 10.4. The fourth-order valence-corrected chi connectivity index (χ4v) is 2.82. The lowest BCUT2D eigenvalue weighted by Gasteiger charge is -2.26. The van der Waals surface area contributed by atoms with E-state index in [4.69, 9.17) is 17.2 Å². The van der Waals surface area contributed by atoms with E-state index >= 15 is 0 Å². The summed E-state index contributed by atoms with van der Waals surface area (Å²) in [6.45, 7) is 4.09. The van der Waals surface area contributed by atoms with Crippen LogP contribution in [0.3, 0.4) is 0 Å². The van der Waals surface area contributed by atoms with E-state index in [0.717, 1.165) is 0 Å². The molecule has 174 valence electrons. The zero-order valence-electron chi connectivity index (χ0n) is 18.0. The van der Waals surface area contributed by atoms with Crippen molar-refractivity contribution in [3.63, 3.8) is 0 Å². The van der Waals surface area contributed by atoms with Crippen molar-refractivity contribution in [1.29, 1.82) is 0 Å². The molecule has 11 nitrogen and oxygen atoms in total. The zero-order valence-corrected chi connectivity index (χ0v) is 18.0. The lowest BCUT2D eigenvalue weighted by Crippen LogP contribution is -2.57. The summed E-state index contributed by atoms with van der Waals surface area (Å²) in [6, 6.07) is -2.89. The number of rotatable bonds is 16. The second-order valence-electron chi connectivity index (χ2n) is 7.52. The molecule has 3 unspecified atom stereocenters. The number of carboxylic acid groups (broad SMARTS) is 1. The maximum absolute atomic E-state index is 12.7. The van der Waals surface area contributed by atoms with Gasteiger partial charge in [0.25, 0.3) is 0 Å². The van der Waals surface area contributed by atoms with Gasteiger partial charge < -0.3 is 38.3 Å². The van der Waals surface area contributed by atoms with Crippen molar-refractivity contribution in [1.82, 2.24) is 16.0 Å². The minimum Gasteiger partial charge on any atom is -0.480 e. The highest BCUT2D eigenvalue weighted by molar-refractivity contribution is 5.93. The normalized spacial score (nSPS) is 13.9. The number of unbranched alkanes of at least 4 members (excludes halogenated alkanes) is 2. The van der Waals surface area contributed by atoms with Crippen molar-refractivity contribution in [2.75, 3.05) is 19.6 Å². The van der Waals surface area contributed by atoms with Gasteiger partial charge in [0, 0.05) is 0 Å². The third kappa shape index (κ3) is 11.1. The van der Waals surface area contributed by atoms with Crippen LogP contribution in [0.4, 0.5) is 0 Å². The Balaban J connectivity index is 5.17. The van der Waals surface area contributed by atoms with Crippen LogP contribution in [0.15, 0.2) is 0 Å². The van der Waals surface area contributed by atoms with E-state index in [1.54, 1.807) is 13.8 Å². The minimum atomic E-state index is -1.15. The molecule has 0 aliphatic heterocycles. The van der Waals surface area contributed by atoms with E-state index in [0.29, 0.717) is 45.2 Å². The monoisotopic (exact) mass is 430 g/mol. The van der Waals surface area contributed by atoms with Gasteiger partial charge in [-0.3, -0.25) is 14.4 Å². The van der Waals surface area contributed by atoms with Crippen molar-refractivity contribution in [2.45, 2.75) is 70.5 Å². The summed E-state index contributed by atoms with van der Waals surface area (Å²) < 4.78 is 0. The Bertz CT molecular complexity index is 558. The largest absolute Gasteiger partial charge is 0.480 e. The van der Waals surface area contributed by atoms with Gasteiger partial charge in [-0.2, -0.15) is 0 Å². The average molecular weight is 431 g/mol. The molecule has 11 heteroatoms. The Labute approximate surface area is 177 Å². The fourth-order valence-electron chi connectivity index (χ4n) is 2.82. The van der Waals surface area contributed by atoms with Gasteiger partial charge in [0.05, 0.1) is 6.54 Å². The Hall–Kier alpha value is -2.24. The number of hydrogen-bond donors (Lipinski definition) is 7. The van der Waals surface area contributed by atoms with Gasteiger partial charge in [-0.05, 0) is 57.5 Å². The average Bonchev–Trinajstić information content (AvgIpc) is 2.69. The minimum absolute atomic E-state index is 0.241. The van der Waals surface area contributed by atoms with Crippen molar-refractivity contribution in [3.8, 4) is 0 Å². The van der Waals surface area contributed by atoms with E-state index in [1.807, 2.05) is 0 Å². The first-order chi connectivity index (χ1) is 14.2. The number of carbonyl (C=O) groups excluding carboxylic acids is 3. The summed E-state index contributed by atoms with van der Waals surface area (Å²) in [7, 11) is 0. The topological polar surface area (TPSA) is 203 Å². The molecule has 0 spiro atoms. The standard InChI is InChI=1S/C19H38N6O5/c1-12(2)16(18(28)24-14(19(29)30)8-4-6-10-21)25-17(27)13(7-3-5-9-20)23-15(26)11-22/h12-14,16H,3-11,20-22H2,1-2H3,(H,23,26)(H,24,28)(H,25,27)(H,29,30). The number of nitrogens with two attached hydrogens (primary N) is 3. The molecule has 0 aromatic heterocycles. The number of aliphatic carboxylic acids is 1. The van der Waals surface area contributed by atoms with E-state index < -0.39 is 41.8 Å². The molecule has 0 fully saturated rings. The van der Waals surface area contributed by atoms with Crippen LogP contribution in [0, 0.1) is 5.92 Å².